The maximum Gasteiger partial charge on any atom is 0.161 e. The SMILES string of the molecule is C=C/C(=C\C(=C/C)c1ncc2[nH]nc(-c3nc4c(-c5ccsc5)cncc4[nH]3)c2c1F)NC(=C)C(C)C. The van der Waals surface area contributed by atoms with E-state index >= 15 is 4.39 Å². The molecule has 9 heteroatoms. The van der Waals surface area contributed by atoms with Gasteiger partial charge >= 0.3 is 0 Å². The average Bonchev–Trinajstić information content (AvgIpc) is 3.66. The zero-order valence-corrected chi connectivity index (χ0v) is 21.6. The minimum Gasteiger partial charge on any atom is -0.359 e. The Labute approximate surface area is 217 Å². The van der Waals surface area contributed by atoms with Crippen LogP contribution in [0.3, 0.4) is 0 Å². The van der Waals surface area contributed by atoms with Gasteiger partial charge in [-0.25, -0.2) is 9.37 Å². The highest BCUT2D eigenvalue weighted by atomic mass is 32.1. The number of allylic oxidation sites excluding steroid dienone is 5. The molecule has 5 rings (SSSR count). The normalized spacial score (nSPS) is 12.6. The van der Waals surface area contributed by atoms with Gasteiger partial charge in [-0.3, -0.25) is 15.1 Å². The van der Waals surface area contributed by atoms with Crippen molar-refractivity contribution in [1.82, 2.24) is 35.5 Å². The molecule has 0 spiro atoms. The maximum atomic E-state index is 16.1. The predicted molar refractivity (Wildman–Crippen MR) is 149 cm³/mol. The first kappa shape index (κ1) is 24.3. The molecule has 37 heavy (non-hydrogen) atoms. The van der Waals surface area contributed by atoms with E-state index < -0.39 is 5.82 Å². The molecule has 0 aliphatic carbocycles. The smallest absolute Gasteiger partial charge is 0.161 e. The number of pyridine rings is 2. The van der Waals surface area contributed by atoms with Gasteiger partial charge < -0.3 is 10.3 Å². The minimum atomic E-state index is -0.492. The summed E-state index contributed by atoms with van der Waals surface area (Å²) in [7, 11) is 0. The summed E-state index contributed by atoms with van der Waals surface area (Å²) in [4.78, 5) is 16.8. The number of nitrogens with zero attached hydrogens (tertiary/aromatic N) is 4. The summed E-state index contributed by atoms with van der Waals surface area (Å²) in [6, 6.07) is 2.02. The van der Waals surface area contributed by atoms with Crippen LogP contribution < -0.4 is 5.32 Å². The Hall–Kier alpha value is -4.37. The minimum absolute atomic E-state index is 0.200. The van der Waals surface area contributed by atoms with Crippen LogP contribution in [0.25, 0.3) is 50.2 Å². The van der Waals surface area contributed by atoms with E-state index in [1.54, 1.807) is 48.2 Å². The molecule has 0 fully saturated rings. The van der Waals surface area contributed by atoms with Crippen LogP contribution in [0.2, 0.25) is 0 Å². The van der Waals surface area contributed by atoms with E-state index in [-0.39, 0.29) is 11.6 Å². The number of hydrogen-bond donors (Lipinski definition) is 3. The van der Waals surface area contributed by atoms with Gasteiger partial charge in [0, 0.05) is 28.7 Å². The summed E-state index contributed by atoms with van der Waals surface area (Å²) < 4.78 is 16.1. The first-order valence-corrected chi connectivity index (χ1v) is 12.7. The third kappa shape index (κ3) is 4.49. The first-order chi connectivity index (χ1) is 17.9. The van der Waals surface area contributed by atoms with Gasteiger partial charge in [-0.15, -0.1) is 0 Å². The largest absolute Gasteiger partial charge is 0.359 e. The van der Waals surface area contributed by atoms with Crippen LogP contribution in [0.4, 0.5) is 4.39 Å². The third-order valence-electron chi connectivity index (χ3n) is 6.11. The number of H-pyrrole nitrogens is 2. The molecule has 0 aliphatic rings. The van der Waals surface area contributed by atoms with E-state index in [2.05, 4.69) is 43.6 Å². The molecule has 0 amide bonds. The molecule has 0 bridgehead atoms. The number of aromatic nitrogens is 6. The first-order valence-electron chi connectivity index (χ1n) is 11.8. The molecule has 0 atom stereocenters. The number of halogens is 1. The van der Waals surface area contributed by atoms with E-state index in [4.69, 9.17) is 4.98 Å². The van der Waals surface area contributed by atoms with Gasteiger partial charge in [0.25, 0.3) is 0 Å². The van der Waals surface area contributed by atoms with Crippen molar-refractivity contribution >= 4 is 38.8 Å². The average molecular weight is 512 g/mol. The van der Waals surface area contributed by atoms with Crippen molar-refractivity contribution in [1.29, 1.82) is 0 Å². The highest BCUT2D eigenvalue weighted by Crippen LogP contribution is 2.34. The molecule has 0 saturated carbocycles. The molecule has 3 N–H and O–H groups in total. The van der Waals surface area contributed by atoms with Crippen molar-refractivity contribution in [2.75, 3.05) is 0 Å². The summed E-state index contributed by atoms with van der Waals surface area (Å²) >= 11 is 1.60. The lowest BCUT2D eigenvalue weighted by Gasteiger charge is -2.14. The molecule has 0 radical (unpaired) electrons. The van der Waals surface area contributed by atoms with Crippen LogP contribution in [-0.2, 0) is 0 Å². The zero-order valence-electron chi connectivity index (χ0n) is 20.8. The molecule has 5 heterocycles. The number of fused-ring (bicyclic) bond motifs is 2. The van der Waals surface area contributed by atoms with Crippen LogP contribution >= 0.6 is 11.3 Å². The van der Waals surface area contributed by atoms with Crippen LogP contribution in [0.15, 0.2) is 78.2 Å². The molecule has 0 aromatic carbocycles. The lowest BCUT2D eigenvalue weighted by Crippen LogP contribution is -2.14. The second-order valence-corrected chi connectivity index (χ2v) is 9.60. The summed E-state index contributed by atoms with van der Waals surface area (Å²) in [5.74, 6) is 0.186. The van der Waals surface area contributed by atoms with E-state index in [0.29, 0.717) is 33.7 Å². The number of hydrogen-bond acceptors (Lipinski definition) is 6. The Balaban J connectivity index is 1.60. The maximum absolute atomic E-state index is 16.1. The van der Waals surface area contributed by atoms with Crippen molar-refractivity contribution in [3.63, 3.8) is 0 Å². The second-order valence-electron chi connectivity index (χ2n) is 8.82. The Kier molecular flexibility index (Phi) is 6.54. The molecule has 5 aromatic heterocycles. The van der Waals surface area contributed by atoms with Crippen molar-refractivity contribution in [2.24, 2.45) is 5.92 Å². The summed E-state index contributed by atoms with van der Waals surface area (Å²) in [6.45, 7) is 13.8. The Bertz CT molecular complexity index is 1690. The Morgan fingerprint density at radius 3 is 2.76 bits per heavy atom. The highest BCUT2D eigenvalue weighted by molar-refractivity contribution is 7.08. The molecule has 0 aliphatic heterocycles. The molecule has 0 unspecified atom stereocenters. The number of imidazole rings is 1. The lowest BCUT2D eigenvalue weighted by atomic mass is 10.1. The van der Waals surface area contributed by atoms with Gasteiger partial charge in [0.1, 0.15) is 16.9 Å². The number of aromatic amines is 2. The van der Waals surface area contributed by atoms with E-state index in [0.717, 1.165) is 27.9 Å². The zero-order chi connectivity index (χ0) is 26.1. The van der Waals surface area contributed by atoms with Crippen LogP contribution in [0.1, 0.15) is 26.5 Å². The number of thiophene rings is 1. The second kappa shape index (κ2) is 9.94. The fraction of sp³-hybridized carbons (Fsp3) is 0.143. The van der Waals surface area contributed by atoms with Crippen LogP contribution in [0.5, 0.6) is 0 Å². The van der Waals surface area contributed by atoms with Crippen molar-refractivity contribution in [2.45, 2.75) is 20.8 Å². The van der Waals surface area contributed by atoms with Gasteiger partial charge in [-0.2, -0.15) is 16.4 Å². The fourth-order valence-electron chi connectivity index (χ4n) is 3.95. The monoisotopic (exact) mass is 511 g/mol. The molecule has 186 valence electrons. The lowest BCUT2D eigenvalue weighted by molar-refractivity contribution is 0.630. The number of nitrogens with one attached hydrogen (secondary N) is 3. The molecule has 0 saturated heterocycles. The van der Waals surface area contributed by atoms with Crippen LogP contribution in [-0.4, -0.2) is 30.1 Å². The molecule has 7 nitrogen and oxygen atoms in total. The van der Waals surface area contributed by atoms with E-state index in [9.17, 15) is 0 Å². The number of rotatable bonds is 8. The Morgan fingerprint density at radius 2 is 2.05 bits per heavy atom. The molecular formula is C28H26FN7S. The predicted octanol–water partition coefficient (Wildman–Crippen LogP) is 7.00. The highest BCUT2D eigenvalue weighted by Gasteiger charge is 2.21. The van der Waals surface area contributed by atoms with Gasteiger partial charge in [-0.1, -0.05) is 33.1 Å². The van der Waals surface area contributed by atoms with Crippen molar-refractivity contribution in [3.8, 4) is 22.6 Å². The standard InChI is InChI=1S/C28H26FN7S/c1-6-17(10-19(7-2)32-16(5)15(3)4)25-24(29)23-21(13-31-25)35-36-27(23)28-33-22-12-30-11-20(26(22)34-28)18-8-9-37-14-18/h6-15,32H,2,5H2,1,3-4H3,(H,33,34)(H,35,36)/b17-6+,19-10+. The van der Waals surface area contributed by atoms with E-state index in [1.807, 2.05) is 37.6 Å². The van der Waals surface area contributed by atoms with E-state index in [1.165, 1.54) is 0 Å². The summed E-state index contributed by atoms with van der Waals surface area (Å²) in [5, 5.41) is 14.9. The Morgan fingerprint density at radius 1 is 1.22 bits per heavy atom. The molecule has 5 aromatic rings. The van der Waals surface area contributed by atoms with Gasteiger partial charge in [0.05, 0.1) is 28.8 Å². The molecular weight excluding hydrogens is 485 g/mol. The van der Waals surface area contributed by atoms with Crippen molar-refractivity contribution in [3.05, 3.63) is 89.7 Å². The summed E-state index contributed by atoms with van der Waals surface area (Å²) in [5.41, 5.74) is 6.60. The quantitative estimate of drug-likeness (QED) is 0.195. The summed E-state index contributed by atoms with van der Waals surface area (Å²) in [6.07, 6.45) is 10.3. The van der Waals surface area contributed by atoms with Crippen molar-refractivity contribution < 1.29 is 4.39 Å². The fourth-order valence-corrected chi connectivity index (χ4v) is 4.61. The van der Waals surface area contributed by atoms with Crippen LogP contribution in [0, 0.1) is 11.7 Å². The van der Waals surface area contributed by atoms with Gasteiger partial charge in [0.15, 0.2) is 11.6 Å². The van der Waals surface area contributed by atoms with Gasteiger partial charge in [0.2, 0.25) is 0 Å². The topological polar surface area (TPSA) is 95.2 Å². The third-order valence-corrected chi connectivity index (χ3v) is 6.80. The van der Waals surface area contributed by atoms with Gasteiger partial charge in [-0.05, 0) is 47.4 Å².